The Morgan fingerprint density at radius 2 is 1.94 bits per heavy atom. The van der Waals surface area contributed by atoms with Gasteiger partial charge in [0.2, 0.25) is 0 Å². The summed E-state index contributed by atoms with van der Waals surface area (Å²) in [5.74, 6) is -0.291. The molecule has 0 aliphatic heterocycles. The highest BCUT2D eigenvalue weighted by Crippen LogP contribution is 1.97. The number of hydrogen-bond donors (Lipinski definition) is 1. The minimum atomic E-state index is -0.291. The zero-order chi connectivity index (χ0) is 12.8. The van der Waals surface area contributed by atoms with Gasteiger partial charge in [-0.25, -0.2) is 5.43 Å². The first-order valence-electron chi connectivity index (χ1n) is 5.28. The summed E-state index contributed by atoms with van der Waals surface area (Å²) < 4.78 is 0. The molecule has 6 nitrogen and oxygen atoms in total. The quantitative estimate of drug-likeness (QED) is 0.642. The van der Waals surface area contributed by atoms with E-state index in [2.05, 4.69) is 25.5 Å². The first-order chi connectivity index (χ1) is 8.77. The third-order valence-corrected chi connectivity index (χ3v) is 2.20. The summed E-state index contributed by atoms with van der Waals surface area (Å²) in [6.45, 7) is 1.75. The third-order valence-electron chi connectivity index (χ3n) is 2.20. The van der Waals surface area contributed by atoms with Crippen molar-refractivity contribution in [1.82, 2.24) is 20.4 Å². The molecule has 0 aromatic carbocycles. The van der Waals surface area contributed by atoms with E-state index in [1.54, 1.807) is 50.0 Å². The van der Waals surface area contributed by atoms with Crippen LogP contribution in [0, 0.1) is 0 Å². The van der Waals surface area contributed by atoms with Gasteiger partial charge in [-0.15, -0.1) is 0 Å². The lowest BCUT2D eigenvalue weighted by Crippen LogP contribution is -2.19. The lowest BCUT2D eigenvalue weighted by Gasteiger charge is -2.01. The first kappa shape index (κ1) is 11.8. The summed E-state index contributed by atoms with van der Waals surface area (Å²) >= 11 is 0. The van der Waals surface area contributed by atoms with Crippen LogP contribution in [0.5, 0.6) is 0 Å². The molecule has 0 aliphatic carbocycles. The Morgan fingerprint density at radius 1 is 1.17 bits per heavy atom. The highest BCUT2D eigenvalue weighted by molar-refractivity contribution is 5.99. The van der Waals surface area contributed by atoms with Gasteiger partial charge >= 0.3 is 0 Å². The third kappa shape index (κ3) is 2.94. The van der Waals surface area contributed by atoms with Gasteiger partial charge in [-0.3, -0.25) is 19.7 Å². The Morgan fingerprint density at radius 3 is 2.61 bits per heavy atom. The fraction of sp³-hybridized carbons (Fsp3) is 0.0833. The van der Waals surface area contributed by atoms with E-state index in [0.717, 1.165) is 0 Å². The molecule has 1 N–H and O–H groups in total. The molecule has 2 aromatic rings. The van der Waals surface area contributed by atoms with E-state index in [-0.39, 0.29) is 5.91 Å². The zero-order valence-corrected chi connectivity index (χ0v) is 9.74. The molecule has 0 saturated carbocycles. The molecule has 2 rings (SSSR count). The molecule has 0 spiro atoms. The van der Waals surface area contributed by atoms with Crippen molar-refractivity contribution in [2.45, 2.75) is 6.92 Å². The molecular formula is C12H11N5O. The first-order valence-corrected chi connectivity index (χ1v) is 5.28. The normalized spacial score (nSPS) is 11.1. The van der Waals surface area contributed by atoms with Gasteiger partial charge in [0, 0.05) is 30.4 Å². The Bertz CT molecular complexity index is 553. The maximum atomic E-state index is 11.7. The highest BCUT2D eigenvalue weighted by Gasteiger charge is 2.04. The fourth-order valence-corrected chi connectivity index (χ4v) is 1.25. The summed E-state index contributed by atoms with van der Waals surface area (Å²) in [6.07, 6.45) is 7.82. The van der Waals surface area contributed by atoms with Crippen LogP contribution in [0.15, 0.2) is 48.2 Å². The second-order valence-corrected chi connectivity index (χ2v) is 3.46. The number of hydrazone groups is 1. The van der Waals surface area contributed by atoms with E-state index >= 15 is 0 Å². The summed E-state index contributed by atoms with van der Waals surface area (Å²) in [6, 6.07) is 3.23. The number of nitrogens with one attached hydrogen (secondary N) is 1. The zero-order valence-electron chi connectivity index (χ0n) is 9.74. The van der Waals surface area contributed by atoms with Gasteiger partial charge in [-0.05, 0) is 19.1 Å². The molecule has 0 bridgehead atoms. The molecule has 6 heteroatoms. The van der Waals surface area contributed by atoms with Crippen molar-refractivity contribution >= 4 is 11.6 Å². The van der Waals surface area contributed by atoms with Crippen LogP contribution in [-0.4, -0.2) is 26.6 Å². The number of aromatic nitrogens is 3. The Kier molecular flexibility index (Phi) is 3.70. The van der Waals surface area contributed by atoms with Gasteiger partial charge in [-0.2, -0.15) is 5.10 Å². The smallest absolute Gasteiger partial charge is 0.267 e. The number of amides is 1. The number of pyridine rings is 1. The summed E-state index contributed by atoms with van der Waals surface area (Å²) in [4.78, 5) is 23.5. The Balaban J connectivity index is 2.05. The second kappa shape index (κ2) is 5.62. The highest BCUT2D eigenvalue weighted by atomic mass is 16.2. The SMILES string of the molecule is C/C(=N/NC(=O)c1ccncc1)c1cnccn1. The van der Waals surface area contributed by atoms with Crippen LogP contribution in [0.4, 0.5) is 0 Å². The summed E-state index contributed by atoms with van der Waals surface area (Å²) in [5.41, 5.74) is 4.16. The largest absolute Gasteiger partial charge is 0.271 e. The molecule has 0 radical (unpaired) electrons. The van der Waals surface area contributed by atoms with E-state index in [4.69, 9.17) is 0 Å². The second-order valence-electron chi connectivity index (χ2n) is 3.46. The average Bonchev–Trinajstić information content (AvgIpc) is 2.46. The number of hydrogen-bond acceptors (Lipinski definition) is 5. The molecule has 0 atom stereocenters. The van der Waals surface area contributed by atoms with Gasteiger partial charge < -0.3 is 0 Å². The molecule has 2 heterocycles. The number of carbonyl (C=O) groups is 1. The van der Waals surface area contributed by atoms with Crippen LogP contribution in [0.2, 0.25) is 0 Å². The van der Waals surface area contributed by atoms with Gasteiger partial charge in [0.05, 0.1) is 11.9 Å². The van der Waals surface area contributed by atoms with Crippen molar-refractivity contribution in [3.8, 4) is 0 Å². The molecule has 18 heavy (non-hydrogen) atoms. The van der Waals surface area contributed by atoms with Crippen LogP contribution in [0.3, 0.4) is 0 Å². The Hall–Kier alpha value is -2.63. The van der Waals surface area contributed by atoms with Crippen molar-refractivity contribution in [3.63, 3.8) is 0 Å². The van der Waals surface area contributed by atoms with Gasteiger partial charge in [0.15, 0.2) is 0 Å². The molecular weight excluding hydrogens is 230 g/mol. The van der Waals surface area contributed by atoms with Gasteiger partial charge in [-0.1, -0.05) is 0 Å². The minimum Gasteiger partial charge on any atom is -0.267 e. The predicted molar refractivity (Wildman–Crippen MR) is 65.9 cm³/mol. The lowest BCUT2D eigenvalue weighted by atomic mass is 10.2. The van der Waals surface area contributed by atoms with Crippen molar-refractivity contribution in [2.75, 3.05) is 0 Å². The van der Waals surface area contributed by atoms with E-state index in [1.165, 1.54) is 0 Å². The lowest BCUT2D eigenvalue weighted by molar-refractivity contribution is 0.0954. The predicted octanol–water partition coefficient (Wildman–Crippen LogP) is 1.03. The monoisotopic (exact) mass is 241 g/mol. The van der Waals surface area contributed by atoms with Gasteiger partial charge in [0.25, 0.3) is 5.91 Å². The number of rotatable bonds is 3. The minimum absolute atomic E-state index is 0.291. The van der Waals surface area contributed by atoms with Crippen molar-refractivity contribution in [1.29, 1.82) is 0 Å². The standard InChI is InChI=1S/C12H11N5O/c1-9(11-8-14-6-7-15-11)16-17-12(18)10-2-4-13-5-3-10/h2-8H,1H3,(H,17,18)/b16-9-. The number of nitrogens with zero attached hydrogens (tertiary/aromatic N) is 4. The summed E-state index contributed by atoms with van der Waals surface area (Å²) in [7, 11) is 0. The molecule has 0 unspecified atom stereocenters. The average molecular weight is 241 g/mol. The Labute approximate surface area is 104 Å². The molecule has 90 valence electrons. The number of carbonyl (C=O) groups excluding carboxylic acids is 1. The van der Waals surface area contributed by atoms with Crippen LogP contribution in [-0.2, 0) is 0 Å². The summed E-state index contributed by atoms with van der Waals surface area (Å²) in [5, 5.41) is 3.96. The molecule has 0 saturated heterocycles. The van der Waals surface area contributed by atoms with Crippen molar-refractivity contribution < 1.29 is 4.79 Å². The molecule has 2 aromatic heterocycles. The maximum Gasteiger partial charge on any atom is 0.271 e. The molecule has 0 fully saturated rings. The van der Waals surface area contributed by atoms with Crippen molar-refractivity contribution in [2.24, 2.45) is 5.10 Å². The molecule has 0 aliphatic rings. The van der Waals surface area contributed by atoms with Crippen LogP contribution < -0.4 is 5.43 Å². The topological polar surface area (TPSA) is 80.1 Å². The van der Waals surface area contributed by atoms with Crippen molar-refractivity contribution in [3.05, 3.63) is 54.4 Å². The molecule has 1 amide bonds. The maximum absolute atomic E-state index is 11.7. The van der Waals surface area contributed by atoms with Crippen LogP contribution in [0.1, 0.15) is 23.0 Å². The van der Waals surface area contributed by atoms with E-state index in [1.807, 2.05) is 0 Å². The van der Waals surface area contributed by atoms with E-state index in [0.29, 0.717) is 17.0 Å². The fourth-order valence-electron chi connectivity index (χ4n) is 1.25. The van der Waals surface area contributed by atoms with Gasteiger partial charge in [0.1, 0.15) is 5.69 Å². The van der Waals surface area contributed by atoms with E-state index < -0.39 is 0 Å². The van der Waals surface area contributed by atoms with E-state index in [9.17, 15) is 4.79 Å². The van der Waals surface area contributed by atoms with Crippen LogP contribution in [0.25, 0.3) is 0 Å². The van der Waals surface area contributed by atoms with Crippen LogP contribution >= 0.6 is 0 Å².